The zero-order valence-corrected chi connectivity index (χ0v) is 7.68. The molecule has 0 bridgehead atoms. The first-order valence-corrected chi connectivity index (χ1v) is 4.52. The van der Waals surface area contributed by atoms with Crippen molar-refractivity contribution in [1.29, 1.82) is 0 Å². The molecule has 3 heteroatoms. The molecule has 0 radical (unpaired) electrons. The van der Waals surface area contributed by atoms with Crippen LogP contribution in [-0.4, -0.2) is 18.1 Å². The van der Waals surface area contributed by atoms with Gasteiger partial charge >= 0.3 is 0 Å². The Kier molecular flexibility index (Phi) is 2.04. The van der Waals surface area contributed by atoms with Crippen LogP contribution in [0.3, 0.4) is 0 Å². The third-order valence-electron chi connectivity index (χ3n) is 2.50. The second-order valence-electron chi connectivity index (χ2n) is 3.64. The lowest BCUT2D eigenvalue weighted by Crippen LogP contribution is -2.23. The van der Waals surface area contributed by atoms with Crippen LogP contribution >= 0.6 is 0 Å². The number of rotatable bonds is 1. The van der Waals surface area contributed by atoms with E-state index in [2.05, 4.69) is 10.3 Å². The number of alkyl halides is 1. The number of hydrogen-bond acceptors (Lipinski definition) is 2. The molecule has 70 valence electrons. The Bertz CT molecular complexity index is 306. The van der Waals surface area contributed by atoms with Crippen molar-refractivity contribution in [3.63, 3.8) is 0 Å². The van der Waals surface area contributed by atoms with Gasteiger partial charge in [-0.2, -0.15) is 0 Å². The summed E-state index contributed by atoms with van der Waals surface area (Å²) in [5, 5.41) is 3.03. The lowest BCUT2D eigenvalue weighted by Gasteiger charge is -2.18. The van der Waals surface area contributed by atoms with E-state index in [1.807, 2.05) is 13.0 Å². The average Bonchev–Trinajstić information content (AvgIpc) is 2.54. The summed E-state index contributed by atoms with van der Waals surface area (Å²) in [5.41, 5.74) is 0.526. The van der Waals surface area contributed by atoms with Gasteiger partial charge in [-0.25, -0.2) is 4.39 Å². The van der Waals surface area contributed by atoms with Crippen LogP contribution in [0, 0.1) is 6.92 Å². The summed E-state index contributed by atoms with van der Waals surface area (Å²) in [4.78, 5) is 4.01. The maximum absolute atomic E-state index is 14.1. The van der Waals surface area contributed by atoms with E-state index in [1.165, 1.54) is 0 Å². The third-order valence-corrected chi connectivity index (χ3v) is 2.50. The number of pyridine rings is 1. The Morgan fingerprint density at radius 1 is 1.54 bits per heavy atom. The summed E-state index contributed by atoms with van der Waals surface area (Å²) < 4.78 is 14.1. The molecule has 1 unspecified atom stereocenters. The zero-order chi connectivity index (χ0) is 9.31. The number of aryl methyl sites for hydroxylation is 1. The van der Waals surface area contributed by atoms with Gasteiger partial charge in [-0.15, -0.1) is 0 Å². The topological polar surface area (TPSA) is 24.9 Å². The molecule has 1 aliphatic rings. The summed E-state index contributed by atoms with van der Waals surface area (Å²) >= 11 is 0. The van der Waals surface area contributed by atoms with Crippen LogP contribution in [0.4, 0.5) is 4.39 Å². The molecule has 1 aromatic heterocycles. The van der Waals surface area contributed by atoms with Gasteiger partial charge in [-0.1, -0.05) is 0 Å². The maximum Gasteiger partial charge on any atom is 0.151 e. The molecule has 2 heterocycles. The quantitative estimate of drug-likeness (QED) is 0.709. The van der Waals surface area contributed by atoms with Crippen LogP contribution in [0.5, 0.6) is 0 Å². The molecule has 0 amide bonds. The Labute approximate surface area is 77.2 Å². The van der Waals surface area contributed by atoms with Crippen molar-refractivity contribution >= 4 is 0 Å². The van der Waals surface area contributed by atoms with Gasteiger partial charge in [0.05, 0.1) is 0 Å². The van der Waals surface area contributed by atoms with Crippen molar-refractivity contribution < 1.29 is 4.39 Å². The van der Waals surface area contributed by atoms with E-state index in [9.17, 15) is 4.39 Å². The van der Waals surface area contributed by atoms with Crippen molar-refractivity contribution in [2.24, 2.45) is 0 Å². The van der Waals surface area contributed by atoms with Crippen LogP contribution in [-0.2, 0) is 5.67 Å². The van der Waals surface area contributed by atoms with Crippen LogP contribution < -0.4 is 5.32 Å². The van der Waals surface area contributed by atoms with E-state index in [4.69, 9.17) is 0 Å². The standard InChI is InChI=1S/C10H13FN2/c1-8-4-9(6-13-5-8)10(11)2-3-12-7-10/h4-6,12H,2-3,7H2,1H3. The minimum atomic E-state index is -1.20. The fraction of sp³-hybridized carbons (Fsp3) is 0.500. The largest absolute Gasteiger partial charge is 0.313 e. The fourth-order valence-electron chi connectivity index (χ4n) is 1.71. The molecule has 0 saturated carbocycles. The molecular formula is C10H13FN2. The number of aromatic nitrogens is 1. The predicted molar refractivity (Wildman–Crippen MR) is 49.2 cm³/mol. The van der Waals surface area contributed by atoms with Gasteiger partial charge < -0.3 is 5.32 Å². The highest BCUT2D eigenvalue weighted by Gasteiger charge is 2.35. The Balaban J connectivity index is 2.33. The van der Waals surface area contributed by atoms with Crippen LogP contribution in [0.15, 0.2) is 18.5 Å². The lowest BCUT2D eigenvalue weighted by molar-refractivity contribution is 0.192. The highest BCUT2D eigenvalue weighted by atomic mass is 19.1. The van der Waals surface area contributed by atoms with Crippen LogP contribution in [0.1, 0.15) is 17.5 Å². The predicted octanol–water partition coefficient (Wildman–Crippen LogP) is 1.55. The zero-order valence-electron chi connectivity index (χ0n) is 7.68. The van der Waals surface area contributed by atoms with Gasteiger partial charge in [0, 0.05) is 24.5 Å². The fourth-order valence-corrected chi connectivity index (χ4v) is 1.71. The second kappa shape index (κ2) is 3.07. The third kappa shape index (κ3) is 1.56. The number of hydrogen-bond donors (Lipinski definition) is 1. The minimum absolute atomic E-state index is 0.415. The van der Waals surface area contributed by atoms with Gasteiger partial charge in [0.25, 0.3) is 0 Å². The summed E-state index contributed by atoms with van der Waals surface area (Å²) in [5.74, 6) is 0. The Hall–Kier alpha value is -0.960. The van der Waals surface area contributed by atoms with Crippen molar-refractivity contribution in [2.75, 3.05) is 13.1 Å². The first kappa shape index (κ1) is 8.63. The van der Waals surface area contributed by atoms with Crippen LogP contribution in [0.25, 0.3) is 0 Å². The second-order valence-corrected chi connectivity index (χ2v) is 3.64. The summed E-state index contributed by atoms with van der Waals surface area (Å²) in [6.07, 6.45) is 3.92. The van der Waals surface area contributed by atoms with E-state index in [0.717, 1.165) is 12.1 Å². The molecule has 1 fully saturated rings. The summed E-state index contributed by atoms with van der Waals surface area (Å²) in [6.45, 7) is 3.10. The SMILES string of the molecule is Cc1cncc(C2(F)CCNC2)c1. The molecule has 2 rings (SSSR count). The number of nitrogens with one attached hydrogen (secondary N) is 1. The Morgan fingerprint density at radius 2 is 2.38 bits per heavy atom. The monoisotopic (exact) mass is 180 g/mol. The van der Waals surface area contributed by atoms with E-state index < -0.39 is 5.67 Å². The lowest BCUT2D eigenvalue weighted by atomic mass is 9.96. The van der Waals surface area contributed by atoms with E-state index in [-0.39, 0.29) is 0 Å². The highest BCUT2D eigenvalue weighted by molar-refractivity contribution is 5.24. The minimum Gasteiger partial charge on any atom is -0.313 e. The van der Waals surface area contributed by atoms with Gasteiger partial charge in [-0.3, -0.25) is 4.98 Å². The van der Waals surface area contributed by atoms with Gasteiger partial charge in [0.1, 0.15) is 0 Å². The number of nitrogens with zero attached hydrogens (tertiary/aromatic N) is 1. The molecule has 1 aliphatic heterocycles. The van der Waals surface area contributed by atoms with Crippen molar-refractivity contribution in [1.82, 2.24) is 10.3 Å². The normalized spacial score (nSPS) is 27.8. The van der Waals surface area contributed by atoms with Gasteiger partial charge in [0.2, 0.25) is 0 Å². The molecule has 1 atom stereocenters. The van der Waals surface area contributed by atoms with Gasteiger partial charge in [-0.05, 0) is 31.5 Å². The van der Waals surface area contributed by atoms with E-state index >= 15 is 0 Å². The molecule has 1 N–H and O–H groups in total. The highest BCUT2D eigenvalue weighted by Crippen LogP contribution is 2.31. The molecule has 1 saturated heterocycles. The van der Waals surface area contributed by atoms with E-state index in [1.54, 1.807) is 12.4 Å². The molecule has 0 aliphatic carbocycles. The molecular weight excluding hydrogens is 167 g/mol. The van der Waals surface area contributed by atoms with Crippen LogP contribution in [0.2, 0.25) is 0 Å². The molecule has 2 nitrogen and oxygen atoms in total. The average molecular weight is 180 g/mol. The van der Waals surface area contributed by atoms with Crippen molar-refractivity contribution in [3.8, 4) is 0 Å². The summed E-state index contributed by atoms with van der Waals surface area (Å²) in [7, 11) is 0. The maximum atomic E-state index is 14.1. The summed E-state index contributed by atoms with van der Waals surface area (Å²) in [6, 6.07) is 1.88. The molecule has 13 heavy (non-hydrogen) atoms. The molecule has 0 spiro atoms. The van der Waals surface area contributed by atoms with Crippen molar-refractivity contribution in [3.05, 3.63) is 29.6 Å². The Morgan fingerprint density at radius 3 is 3.00 bits per heavy atom. The number of halogens is 1. The smallest absolute Gasteiger partial charge is 0.151 e. The van der Waals surface area contributed by atoms with Gasteiger partial charge in [0.15, 0.2) is 5.67 Å². The molecule has 1 aromatic rings. The van der Waals surface area contributed by atoms with E-state index in [0.29, 0.717) is 18.5 Å². The van der Waals surface area contributed by atoms with Crippen molar-refractivity contribution in [2.45, 2.75) is 19.0 Å². The first-order valence-electron chi connectivity index (χ1n) is 4.52. The molecule has 0 aromatic carbocycles. The first-order chi connectivity index (χ1) is 6.21.